The van der Waals surface area contributed by atoms with Crippen molar-refractivity contribution in [1.29, 1.82) is 0 Å². The minimum atomic E-state index is 0.329. The van der Waals surface area contributed by atoms with Crippen LogP contribution in [-0.2, 0) is 5.54 Å². The highest BCUT2D eigenvalue weighted by Gasteiger charge is 2.33. The summed E-state index contributed by atoms with van der Waals surface area (Å²) in [7, 11) is 0. The molecule has 0 aromatic carbocycles. The third kappa shape index (κ3) is 1.58. The molecule has 0 radical (unpaired) electrons. The van der Waals surface area contributed by atoms with Crippen molar-refractivity contribution in [1.82, 2.24) is 14.9 Å². The van der Waals surface area contributed by atoms with Crippen molar-refractivity contribution in [2.24, 2.45) is 0 Å². The smallest absolute Gasteiger partial charge is 0.0953 e. The van der Waals surface area contributed by atoms with E-state index in [0.29, 0.717) is 11.6 Å². The lowest BCUT2D eigenvalue weighted by molar-refractivity contribution is 0.311. The van der Waals surface area contributed by atoms with Crippen LogP contribution in [0.3, 0.4) is 0 Å². The Kier molecular flexibility index (Phi) is 2.51. The summed E-state index contributed by atoms with van der Waals surface area (Å²) < 4.78 is 2.45. The van der Waals surface area contributed by atoms with E-state index in [1.54, 1.807) is 0 Å². The van der Waals surface area contributed by atoms with Crippen molar-refractivity contribution in [2.45, 2.75) is 57.0 Å². The summed E-state index contributed by atoms with van der Waals surface area (Å²) in [6, 6.07) is 0.542. The first-order chi connectivity index (χ1) is 7.80. The van der Waals surface area contributed by atoms with Crippen LogP contribution in [0, 0.1) is 0 Å². The molecular weight excluding hydrogens is 198 g/mol. The number of nitrogens with one attached hydrogen (secondary N) is 1. The molecule has 3 nitrogen and oxygen atoms in total. The highest BCUT2D eigenvalue weighted by atomic mass is 15.1. The molecule has 1 saturated carbocycles. The van der Waals surface area contributed by atoms with Crippen LogP contribution in [0.5, 0.6) is 0 Å². The minimum Gasteiger partial charge on any atom is -0.327 e. The van der Waals surface area contributed by atoms with E-state index in [2.05, 4.69) is 28.0 Å². The first kappa shape index (κ1) is 10.3. The van der Waals surface area contributed by atoms with Crippen LogP contribution in [0.25, 0.3) is 0 Å². The van der Waals surface area contributed by atoms with Gasteiger partial charge in [0, 0.05) is 17.8 Å². The van der Waals surface area contributed by atoms with Crippen molar-refractivity contribution < 1.29 is 0 Å². The van der Waals surface area contributed by atoms with E-state index in [4.69, 9.17) is 0 Å². The zero-order chi connectivity index (χ0) is 11.0. The number of aromatic nitrogens is 2. The Morgan fingerprint density at radius 2 is 2.19 bits per heavy atom. The van der Waals surface area contributed by atoms with Gasteiger partial charge < -0.3 is 9.88 Å². The van der Waals surface area contributed by atoms with Gasteiger partial charge in [-0.15, -0.1) is 0 Å². The van der Waals surface area contributed by atoms with E-state index < -0.39 is 0 Å². The Bertz CT molecular complexity index is 357. The molecule has 2 fully saturated rings. The first-order valence-corrected chi connectivity index (χ1v) is 6.56. The Morgan fingerprint density at radius 3 is 2.88 bits per heavy atom. The summed E-state index contributed by atoms with van der Waals surface area (Å²) in [5, 5.41) is 3.58. The maximum absolute atomic E-state index is 4.38. The lowest BCUT2D eigenvalue weighted by Gasteiger charge is -2.29. The average molecular weight is 219 g/mol. The van der Waals surface area contributed by atoms with Gasteiger partial charge in [0.2, 0.25) is 0 Å². The van der Waals surface area contributed by atoms with E-state index in [1.807, 2.05) is 6.33 Å². The maximum atomic E-state index is 4.38. The van der Waals surface area contributed by atoms with Gasteiger partial charge in [-0.3, -0.25) is 0 Å². The SMILES string of the molecule is CC1(n2cncc2[C@@H]2CCCN2)CCCC1. The molecule has 3 heteroatoms. The fourth-order valence-electron chi connectivity index (χ4n) is 3.33. The van der Waals surface area contributed by atoms with Gasteiger partial charge in [-0.2, -0.15) is 0 Å². The third-order valence-corrected chi connectivity index (χ3v) is 4.35. The quantitative estimate of drug-likeness (QED) is 0.828. The Balaban J connectivity index is 1.92. The number of rotatable bonds is 2. The van der Waals surface area contributed by atoms with E-state index in [-0.39, 0.29) is 0 Å². The molecule has 1 atom stereocenters. The van der Waals surface area contributed by atoms with Crippen LogP contribution >= 0.6 is 0 Å². The largest absolute Gasteiger partial charge is 0.327 e. The fourth-order valence-corrected chi connectivity index (χ4v) is 3.33. The zero-order valence-electron chi connectivity index (χ0n) is 10.1. The Labute approximate surface area is 97.3 Å². The number of imidazole rings is 1. The van der Waals surface area contributed by atoms with Crippen molar-refractivity contribution in [3.05, 3.63) is 18.2 Å². The molecule has 1 aliphatic carbocycles. The number of nitrogens with zero attached hydrogens (tertiary/aromatic N) is 2. The minimum absolute atomic E-state index is 0.329. The molecule has 2 heterocycles. The first-order valence-electron chi connectivity index (χ1n) is 6.56. The second-order valence-corrected chi connectivity index (χ2v) is 5.54. The fraction of sp³-hybridized carbons (Fsp3) is 0.769. The molecule has 1 aromatic heterocycles. The highest BCUT2D eigenvalue weighted by molar-refractivity contribution is 5.11. The van der Waals surface area contributed by atoms with Crippen LogP contribution < -0.4 is 5.32 Å². The van der Waals surface area contributed by atoms with E-state index in [9.17, 15) is 0 Å². The van der Waals surface area contributed by atoms with Gasteiger partial charge in [-0.25, -0.2) is 4.98 Å². The molecule has 3 rings (SSSR count). The summed E-state index contributed by atoms with van der Waals surface area (Å²) in [6.07, 6.45) is 12.0. The normalized spacial score (nSPS) is 28.7. The highest BCUT2D eigenvalue weighted by Crippen LogP contribution is 2.38. The van der Waals surface area contributed by atoms with Crippen LogP contribution in [0.1, 0.15) is 57.2 Å². The van der Waals surface area contributed by atoms with E-state index in [0.717, 1.165) is 6.54 Å². The molecule has 88 valence electrons. The average Bonchev–Trinajstić information content (AvgIpc) is 2.98. The standard InChI is InChI=1S/C13H21N3/c1-13(6-2-3-7-13)16-10-14-9-12(16)11-5-4-8-15-11/h9-11,15H,2-8H2,1H3/t11-/m0/s1. The number of hydrogen-bond donors (Lipinski definition) is 1. The van der Waals surface area contributed by atoms with Crippen molar-refractivity contribution >= 4 is 0 Å². The molecule has 1 aromatic rings. The lowest BCUT2D eigenvalue weighted by atomic mass is 9.99. The van der Waals surface area contributed by atoms with Crippen molar-refractivity contribution in [3.8, 4) is 0 Å². The van der Waals surface area contributed by atoms with Gasteiger partial charge >= 0.3 is 0 Å². The van der Waals surface area contributed by atoms with Crippen LogP contribution in [0.4, 0.5) is 0 Å². The molecule has 0 bridgehead atoms. The summed E-state index contributed by atoms with van der Waals surface area (Å²) in [5.74, 6) is 0. The summed E-state index contributed by atoms with van der Waals surface area (Å²) in [4.78, 5) is 4.38. The van der Waals surface area contributed by atoms with E-state index >= 15 is 0 Å². The molecule has 0 amide bonds. The third-order valence-electron chi connectivity index (χ3n) is 4.35. The van der Waals surface area contributed by atoms with Gasteiger partial charge in [-0.1, -0.05) is 12.8 Å². The second kappa shape index (κ2) is 3.88. The molecule has 1 N–H and O–H groups in total. The molecule has 16 heavy (non-hydrogen) atoms. The van der Waals surface area contributed by atoms with Crippen LogP contribution in [-0.4, -0.2) is 16.1 Å². The van der Waals surface area contributed by atoms with Gasteiger partial charge in [0.25, 0.3) is 0 Å². The summed E-state index contributed by atoms with van der Waals surface area (Å²) in [6.45, 7) is 3.55. The summed E-state index contributed by atoms with van der Waals surface area (Å²) >= 11 is 0. The van der Waals surface area contributed by atoms with Crippen LogP contribution in [0.15, 0.2) is 12.5 Å². The molecule has 0 spiro atoms. The molecule has 2 aliphatic rings. The maximum Gasteiger partial charge on any atom is 0.0953 e. The second-order valence-electron chi connectivity index (χ2n) is 5.54. The van der Waals surface area contributed by atoms with Crippen molar-refractivity contribution in [2.75, 3.05) is 6.54 Å². The summed E-state index contributed by atoms with van der Waals surface area (Å²) in [5.41, 5.74) is 1.73. The van der Waals surface area contributed by atoms with Crippen molar-refractivity contribution in [3.63, 3.8) is 0 Å². The van der Waals surface area contributed by atoms with Gasteiger partial charge in [0.15, 0.2) is 0 Å². The monoisotopic (exact) mass is 219 g/mol. The molecule has 1 saturated heterocycles. The topological polar surface area (TPSA) is 29.9 Å². The molecular formula is C13H21N3. The molecule has 1 aliphatic heterocycles. The van der Waals surface area contributed by atoms with Gasteiger partial charge in [-0.05, 0) is 39.2 Å². The zero-order valence-corrected chi connectivity index (χ0v) is 10.1. The number of hydrogen-bond acceptors (Lipinski definition) is 2. The predicted molar refractivity (Wildman–Crippen MR) is 64.3 cm³/mol. The van der Waals surface area contributed by atoms with Gasteiger partial charge in [0.05, 0.1) is 12.0 Å². The van der Waals surface area contributed by atoms with Crippen LogP contribution in [0.2, 0.25) is 0 Å². The van der Waals surface area contributed by atoms with Gasteiger partial charge in [0.1, 0.15) is 0 Å². The Hall–Kier alpha value is -0.830. The molecule has 0 unspecified atom stereocenters. The predicted octanol–water partition coefficient (Wildman–Crippen LogP) is 2.60. The lowest BCUT2D eigenvalue weighted by Crippen LogP contribution is -2.30. The van der Waals surface area contributed by atoms with E-state index in [1.165, 1.54) is 44.2 Å². The Morgan fingerprint density at radius 1 is 1.38 bits per heavy atom.